The summed E-state index contributed by atoms with van der Waals surface area (Å²) in [5.74, 6) is -0.927. The molecule has 2 amide bonds. The average Bonchev–Trinajstić information content (AvgIpc) is 2.39. The monoisotopic (exact) mass is 278 g/mol. The predicted molar refractivity (Wildman–Crippen MR) is 79.2 cm³/mol. The van der Waals surface area contributed by atoms with E-state index >= 15 is 0 Å². The fourth-order valence-corrected chi connectivity index (χ4v) is 2.10. The van der Waals surface area contributed by atoms with Crippen molar-refractivity contribution in [3.63, 3.8) is 0 Å². The van der Waals surface area contributed by atoms with Crippen LogP contribution in [0.4, 0.5) is 10.5 Å². The highest BCUT2D eigenvalue weighted by molar-refractivity contribution is 5.91. The van der Waals surface area contributed by atoms with Crippen molar-refractivity contribution < 1.29 is 14.7 Å². The highest BCUT2D eigenvalue weighted by Gasteiger charge is 2.11. The predicted octanol–water partition coefficient (Wildman–Crippen LogP) is 2.72. The molecule has 110 valence electrons. The number of carbonyl (C=O) groups is 2. The smallest absolute Gasteiger partial charge is 0.319 e. The van der Waals surface area contributed by atoms with Crippen LogP contribution in [0.5, 0.6) is 0 Å². The molecule has 0 aliphatic carbocycles. The standard InChI is InChI=1S/C15H22N2O3/c1-4-11-8-10(3)9-12(5-2)14(11)17-15(20)16-7-6-13(18)19/h8-9H,4-7H2,1-3H3,(H,18,19)(H2,16,17,20). The molecule has 0 saturated carbocycles. The van der Waals surface area contributed by atoms with Crippen molar-refractivity contribution in [1.29, 1.82) is 0 Å². The normalized spacial score (nSPS) is 10.2. The van der Waals surface area contributed by atoms with E-state index in [1.54, 1.807) is 0 Å². The van der Waals surface area contributed by atoms with E-state index < -0.39 is 5.97 Å². The molecule has 1 aromatic rings. The number of anilines is 1. The molecule has 3 N–H and O–H groups in total. The minimum absolute atomic E-state index is 0.0808. The first-order chi connectivity index (χ1) is 9.47. The Morgan fingerprint density at radius 3 is 2.15 bits per heavy atom. The Labute approximate surface area is 119 Å². The third kappa shape index (κ3) is 4.57. The van der Waals surface area contributed by atoms with Gasteiger partial charge in [0.2, 0.25) is 0 Å². The number of aliphatic carboxylic acids is 1. The highest BCUT2D eigenvalue weighted by atomic mass is 16.4. The zero-order valence-electron chi connectivity index (χ0n) is 12.2. The second-order valence-corrected chi connectivity index (χ2v) is 4.69. The van der Waals surface area contributed by atoms with E-state index in [-0.39, 0.29) is 19.0 Å². The molecule has 0 spiro atoms. The lowest BCUT2D eigenvalue weighted by atomic mass is 10.00. The molecule has 1 rings (SSSR count). The number of carbonyl (C=O) groups excluding carboxylic acids is 1. The van der Waals surface area contributed by atoms with Gasteiger partial charge in [0.1, 0.15) is 0 Å². The molecule has 0 heterocycles. The minimum atomic E-state index is -0.927. The number of rotatable bonds is 6. The number of aryl methyl sites for hydroxylation is 3. The zero-order chi connectivity index (χ0) is 15.1. The Morgan fingerprint density at radius 2 is 1.70 bits per heavy atom. The molecule has 0 saturated heterocycles. The van der Waals surface area contributed by atoms with Crippen molar-refractivity contribution in [3.8, 4) is 0 Å². The Morgan fingerprint density at radius 1 is 1.15 bits per heavy atom. The summed E-state index contributed by atoms with van der Waals surface area (Å²) in [6, 6.07) is 3.76. The maximum Gasteiger partial charge on any atom is 0.319 e. The van der Waals surface area contributed by atoms with Crippen molar-refractivity contribution in [2.24, 2.45) is 0 Å². The van der Waals surface area contributed by atoms with Gasteiger partial charge in [0.05, 0.1) is 6.42 Å². The summed E-state index contributed by atoms with van der Waals surface area (Å²) in [4.78, 5) is 22.2. The molecule has 5 nitrogen and oxygen atoms in total. The van der Waals surface area contributed by atoms with Gasteiger partial charge in [-0.15, -0.1) is 0 Å². The van der Waals surface area contributed by atoms with E-state index in [0.717, 1.165) is 29.7 Å². The minimum Gasteiger partial charge on any atom is -0.481 e. The Balaban J connectivity index is 2.80. The SMILES string of the molecule is CCc1cc(C)cc(CC)c1NC(=O)NCCC(=O)O. The highest BCUT2D eigenvalue weighted by Crippen LogP contribution is 2.24. The molecule has 0 atom stereocenters. The van der Waals surface area contributed by atoms with Crippen molar-refractivity contribution in [1.82, 2.24) is 5.32 Å². The van der Waals surface area contributed by atoms with Gasteiger partial charge < -0.3 is 15.7 Å². The van der Waals surface area contributed by atoms with Gasteiger partial charge in [-0.05, 0) is 30.9 Å². The fourth-order valence-electron chi connectivity index (χ4n) is 2.10. The second kappa shape index (κ2) is 7.53. The van der Waals surface area contributed by atoms with Gasteiger partial charge in [-0.25, -0.2) is 4.79 Å². The summed E-state index contributed by atoms with van der Waals surface area (Å²) in [7, 11) is 0. The van der Waals surface area contributed by atoms with Crippen molar-refractivity contribution in [2.45, 2.75) is 40.0 Å². The van der Waals surface area contributed by atoms with E-state index in [4.69, 9.17) is 5.11 Å². The summed E-state index contributed by atoms with van der Waals surface area (Å²) in [5, 5.41) is 13.9. The number of hydrogen-bond donors (Lipinski definition) is 3. The van der Waals surface area contributed by atoms with Gasteiger partial charge in [-0.1, -0.05) is 31.5 Å². The molecule has 0 aliphatic rings. The van der Waals surface area contributed by atoms with E-state index in [9.17, 15) is 9.59 Å². The summed E-state index contributed by atoms with van der Waals surface area (Å²) < 4.78 is 0. The Kier molecular flexibility index (Phi) is 6.03. The van der Waals surface area contributed by atoms with E-state index in [0.29, 0.717) is 0 Å². The van der Waals surface area contributed by atoms with Crippen molar-refractivity contribution in [2.75, 3.05) is 11.9 Å². The van der Waals surface area contributed by atoms with Crippen LogP contribution in [0.15, 0.2) is 12.1 Å². The van der Waals surface area contributed by atoms with Gasteiger partial charge in [-0.3, -0.25) is 4.79 Å². The zero-order valence-corrected chi connectivity index (χ0v) is 12.2. The van der Waals surface area contributed by atoms with Gasteiger partial charge in [0, 0.05) is 12.2 Å². The van der Waals surface area contributed by atoms with Crippen LogP contribution in [-0.2, 0) is 17.6 Å². The van der Waals surface area contributed by atoms with Gasteiger partial charge >= 0.3 is 12.0 Å². The third-order valence-electron chi connectivity index (χ3n) is 3.07. The van der Waals surface area contributed by atoms with Gasteiger partial charge in [-0.2, -0.15) is 0 Å². The number of benzene rings is 1. The molecule has 0 bridgehead atoms. The molecule has 0 fully saturated rings. The Bertz CT molecular complexity index is 473. The first kappa shape index (κ1) is 16.0. The molecular formula is C15H22N2O3. The first-order valence-corrected chi connectivity index (χ1v) is 6.86. The van der Waals surface area contributed by atoms with Crippen molar-refractivity contribution >= 4 is 17.7 Å². The second-order valence-electron chi connectivity index (χ2n) is 4.69. The van der Waals surface area contributed by atoms with Crippen LogP contribution in [0.3, 0.4) is 0 Å². The van der Waals surface area contributed by atoms with E-state index in [2.05, 4.69) is 22.8 Å². The van der Waals surface area contributed by atoms with Crippen LogP contribution in [0.2, 0.25) is 0 Å². The average molecular weight is 278 g/mol. The number of amides is 2. The maximum absolute atomic E-state index is 11.8. The number of hydrogen-bond acceptors (Lipinski definition) is 2. The molecule has 0 aromatic heterocycles. The molecule has 20 heavy (non-hydrogen) atoms. The van der Waals surface area contributed by atoms with E-state index in [1.165, 1.54) is 5.56 Å². The number of carboxylic acids is 1. The lowest BCUT2D eigenvalue weighted by Crippen LogP contribution is -2.31. The van der Waals surface area contributed by atoms with Crippen LogP contribution < -0.4 is 10.6 Å². The van der Waals surface area contributed by atoms with Crippen LogP contribution >= 0.6 is 0 Å². The van der Waals surface area contributed by atoms with Gasteiger partial charge in [0.15, 0.2) is 0 Å². The molecule has 0 aliphatic heterocycles. The lowest BCUT2D eigenvalue weighted by molar-refractivity contribution is -0.136. The Hall–Kier alpha value is -2.04. The fraction of sp³-hybridized carbons (Fsp3) is 0.467. The summed E-state index contributed by atoms with van der Waals surface area (Å²) >= 11 is 0. The topological polar surface area (TPSA) is 78.4 Å². The lowest BCUT2D eigenvalue weighted by Gasteiger charge is -2.16. The molecule has 0 unspecified atom stereocenters. The summed E-state index contributed by atoms with van der Waals surface area (Å²) in [6.45, 7) is 6.24. The number of nitrogens with one attached hydrogen (secondary N) is 2. The van der Waals surface area contributed by atoms with Crippen molar-refractivity contribution in [3.05, 3.63) is 28.8 Å². The number of urea groups is 1. The van der Waals surface area contributed by atoms with Crippen LogP contribution in [-0.4, -0.2) is 23.7 Å². The van der Waals surface area contributed by atoms with Crippen LogP contribution in [0.25, 0.3) is 0 Å². The van der Waals surface area contributed by atoms with Crippen LogP contribution in [0.1, 0.15) is 37.0 Å². The van der Waals surface area contributed by atoms with Gasteiger partial charge in [0.25, 0.3) is 0 Å². The quantitative estimate of drug-likeness (QED) is 0.748. The number of carboxylic acid groups (broad SMARTS) is 1. The largest absolute Gasteiger partial charge is 0.481 e. The summed E-state index contributed by atoms with van der Waals surface area (Å²) in [5.41, 5.74) is 4.20. The molecule has 0 radical (unpaired) electrons. The summed E-state index contributed by atoms with van der Waals surface area (Å²) in [6.07, 6.45) is 1.58. The van der Waals surface area contributed by atoms with E-state index in [1.807, 2.05) is 20.8 Å². The molecular weight excluding hydrogens is 256 g/mol. The molecule has 1 aromatic carbocycles. The van der Waals surface area contributed by atoms with Crippen LogP contribution in [0, 0.1) is 6.92 Å². The third-order valence-corrected chi connectivity index (χ3v) is 3.07. The maximum atomic E-state index is 11.8. The molecule has 5 heteroatoms. The first-order valence-electron chi connectivity index (χ1n) is 6.86.